The van der Waals surface area contributed by atoms with Crippen LogP contribution in [0.2, 0.25) is 0 Å². The number of nitrogens with one attached hydrogen (secondary N) is 3. The highest BCUT2D eigenvalue weighted by Crippen LogP contribution is 2.14. The van der Waals surface area contributed by atoms with Crippen LogP contribution < -0.4 is 16.0 Å². The third kappa shape index (κ3) is 9.65. The molecule has 0 saturated carbocycles. The minimum absolute atomic E-state index is 0. The summed E-state index contributed by atoms with van der Waals surface area (Å²) in [6, 6.07) is 2.10. The molecule has 1 aromatic rings. The van der Waals surface area contributed by atoms with Crippen molar-refractivity contribution >= 4 is 47.4 Å². The molecule has 23 heavy (non-hydrogen) atoms. The van der Waals surface area contributed by atoms with Crippen molar-refractivity contribution in [2.75, 3.05) is 20.1 Å². The van der Waals surface area contributed by atoms with Gasteiger partial charge in [0.1, 0.15) is 5.60 Å². The predicted octanol–water partition coefficient (Wildman–Crippen LogP) is 2.86. The molecule has 0 aliphatic heterocycles. The first-order chi connectivity index (χ1) is 10.3. The van der Waals surface area contributed by atoms with Crippen LogP contribution in [0.1, 0.15) is 31.2 Å². The van der Waals surface area contributed by atoms with Gasteiger partial charge in [0.2, 0.25) is 0 Å². The maximum absolute atomic E-state index is 11.5. The second kappa shape index (κ2) is 10.7. The number of halogens is 1. The molecule has 1 amide bonds. The summed E-state index contributed by atoms with van der Waals surface area (Å²) in [6.07, 6.45) is -0.411. The van der Waals surface area contributed by atoms with E-state index in [1.165, 1.54) is 10.4 Å². The molecule has 0 atom stereocenters. The van der Waals surface area contributed by atoms with E-state index in [1.807, 2.05) is 20.8 Å². The molecule has 0 unspecified atom stereocenters. The summed E-state index contributed by atoms with van der Waals surface area (Å²) in [7, 11) is 1.72. The van der Waals surface area contributed by atoms with Crippen LogP contribution in [-0.4, -0.2) is 37.8 Å². The van der Waals surface area contributed by atoms with E-state index in [0.29, 0.717) is 19.0 Å². The summed E-state index contributed by atoms with van der Waals surface area (Å²) in [4.78, 5) is 16.9. The van der Waals surface area contributed by atoms with Gasteiger partial charge in [-0.25, -0.2) is 4.79 Å². The van der Waals surface area contributed by atoms with Crippen molar-refractivity contribution in [1.82, 2.24) is 16.0 Å². The summed E-state index contributed by atoms with van der Waals surface area (Å²) in [6.45, 7) is 9.38. The Labute approximate surface area is 159 Å². The molecule has 1 heterocycles. The molecular formula is C15H27IN4O2S. The summed E-state index contributed by atoms with van der Waals surface area (Å²) < 4.78 is 5.16. The zero-order valence-electron chi connectivity index (χ0n) is 14.4. The fourth-order valence-corrected chi connectivity index (χ4v) is 2.48. The van der Waals surface area contributed by atoms with E-state index in [2.05, 4.69) is 39.3 Å². The Balaban J connectivity index is 0.00000484. The minimum atomic E-state index is -0.478. The zero-order chi connectivity index (χ0) is 16.6. The number of thiophene rings is 1. The molecule has 0 radical (unpaired) electrons. The van der Waals surface area contributed by atoms with Gasteiger partial charge in [0.25, 0.3) is 0 Å². The molecule has 1 rings (SSSR count). The van der Waals surface area contributed by atoms with Crippen LogP contribution in [0.15, 0.2) is 16.4 Å². The lowest BCUT2D eigenvalue weighted by Crippen LogP contribution is -2.42. The van der Waals surface area contributed by atoms with Crippen LogP contribution in [0.5, 0.6) is 0 Å². The number of carbonyl (C=O) groups is 1. The first-order valence-electron chi connectivity index (χ1n) is 7.26. The maximum Gasteiger partial charge on any atom is 0.407 e. The highest BCUT2D eigenvalue weighted by Gasteiger charge is 2.15. The Morgan fingerprint density at radius 3 is 2.43 bits per heavy atom. The molecule has 0 aliphatic carbocycles. The van der Waals surface area contributed by atoms with Gasteiger partial charge in [0, 0.05) is 25.0 Å². The van der Waals surface area contributed by atoms with Crippen LogP contribution >= 0.6 is 35.3 Å². The number of amides is 1. The van der Waals surface area contributed by atoms with E-state index in [-0.39, 0.29) is 24.0 Å². The number of hydrogen-bond acceptors (Lipinski definition) is 4. The van der Waals surface area contributed by atoms with Crippen molar-refractivity contribution in [2.45, 2.75) is 39.8 Å². The Bertz CT molecular complexity index is 512. The van der Waals surface area contributed by atoms with Crippen LogP contribution in [0.3, 0.4) is 0 Å². The van der Waals surface area contributed by atoms with Crippen LogP contribution in [0, 0.1) is 6.92 Å². The van der Waals surface area contributed by atoms with Gasteiger partial charge >= 0.3 is 6.09 Å². The second-order valence-electron chi connectivity index (χ2n) is 5.81. The SMILES string of the molecule is CN=C(NCCNC(=O)OC(C)(C)C)NCc1sccc1C.I. The molecule has 0 spiro atoms. The number of hydrogen-bond donors (Lipinski definition) is 3. The smallest absolute Gasteiger partial charge is 0.407 e. The molecule has 0 saturated heterocycles. The van der Waals surface area contributed by atoms with Gasteiger partial charge < -0.3 is 20.7 Å². The molecule has 3 N–H and O–H groups in total. The standard InChI is InChI=1S/C15H26N4O2S.HI/c1-11-6-9-22-12(11)10-19-13(16-5)17-7-8-18-14(20)21-15(2,3)4;/h6,9H,7-8,10H2,1-5H3,(H,18,20)(H2,16,17,19);1H. The lowest BCUT2D eigenvalue weighted by Gasteiger charge is -2.19. The number of aryl methyl sites for hydroxylation is 1. The molecular weight excluding hydrogens is 427 g/mol. The Kier molecular flexibility index (Phi) is 10.2. The van der Waals surface area contributed by atoms with E-state index >= 15 is 0 Å². The number of guanidine groups is 1. The van der Waals surface area contributed by atoms with Crippen molar-refractivity contribution in [2.24, 2.45) is 4.99 Å². The first kappa shape index (κ1) is 22.0. The molecule has 0 aliphatic rings. The summed E-state index contributed by atoms with van der Waals surface area (Å²) >= 11 is 1.72. The van der Waals surface area contributed by atoms with E-state index in [0.717, 1.165) is 6.54 Å². The van der Waals surface area contributed by atoms with Crippen molar-refractivity contribution in [3.8, 4) is 0 Å². The molecule has 1 aromatic heterocycles. The number of ether oxygens (including phenoxy) is 1. The number of aliphatic imine (C=N–C) groups is 1. The van der Waals surface area contributed by atoms with Crippen molar-refractivity contribution in [1.29, 1.82) is 0 Å². The fraction of sp³-hybridized carbons (Fsp3) is 0.600. The second-order valence-corrected chi connectivity index (χ2v) is 6.81. The van der Waals surface area contributed by atoms with Crippen LogP contribution in [-0.2, 0) is 11.3 Å². The minimum Gasteiger partial charge on any atom is -0.444 e. The number of alkyl carbamates (subject to hydrolysis) is 1. The third-order valence-corrected chi connectivity index (χ3v) is 3.72. The van der Waals surface area contributed by atoms with Crippen molar-refractivity contribution < 1.29 is 9.53 Å². The number of nitrogens with zero attached hydrogens (tertiary/aromatic N) is 1. The summed E-state index contributed by atoms with van der Waals surface area (Å²) in [5.41, 5.74) is 0.799. The summed E-state index contributed by atoms with van der Waals surface area (Å²) in [5, 5.41) is 11.2. The zero-order valence-corrected chi connectivity index (χ0v) is 17.5. The van der Waals surface area contributed by atoms with Crippen LogP contribution in [0.25, 0.3) is 0 Å². The maximum atomic E-state index is 11.5. The normalized spacial score (nSPS) is 11.4. The van der Waals surface area contributed by atoms with Crippen LogP contribution in [0.4, 0.5) is 4.79 Å². The van der Waals surface area contributed by atoms with E-state index in [9.17, 15) is 4.79 Å². The Hall–Kier alpha value is -1.03. The van der Waals surface area contributed by atoms with Gasteiger partial charge in [-0.15, -0.1) is 35.3 Å². The molecule has 6 nitrogen and oxygen atoms in total. The van der Waals surface area contributed by atoms with Gasteiger partial charge in [0.05, 0.1) is 6.54 Å². The molecule has 132 valence electrons. The molecule has 0 aromatic carbocycles. The summed E-state index contributed by atoms with van der Waals surface area (Å²) in [5.74, 6) is 0.707. The van der Waals surface area contributed by atoms with Gasteiger partial charge in [-0.1, -0.05) is 0 Å². The van der Waals surface area contributed by atoms with E-state index < -0.39 is 11.7 Å². The average Bonchev–Trinajstić information content (AvgIpc) is 2.81. The lowest BCUT2D eigenvalue weighted by molar-refractivity contribution is 0.0529. The largest absolute Gasteiger partial charge is 0.444 e. The van der Waals surface area contributed by atoms with E-state index in [4.69, 9.17) is 4.74 Å². The van der Waals surface area contributed by atoms with E-state index in [1.54, 1.807) is 18.4 Å². The molecule has 8 heteroatoms. The van der Waals surface area contributed by atoms with Crippen molar-refractivity contribution in [3.05, 3.63) is 21.9 Å². The van der Waals surface area contributed by atoms with Gasteiger partial charge in [-0.05, 0) is 44.7 Å². The Morgan fingerprint density at radius 2 is 1.91 bits per heavy atom. The highest BCUT2D eigenvalue weighted by molar-refractivity contribution is 14.0. The number of rotatable bonds is 5. The monoisotopic (exact) mass is 454 g/mol. The Morgan fingerprint density at radius 1 is 1.26 bits per heavy atom. The van der Waals surface area contributed by atoms with Gasteiger partial charge in [0.15, 0.2) is 5.96 Å². The first-order valence-corrected chi connectivity index (χ1v) is 8.14. The lowest BCUT2D eigenvalue weighted by atomic mass is 10.2. The topological polar surface area (TPSA) is 74.8 Å². The van der Waals surface area contributed by atoms with Crippen molar-refractivity contribution in [3.63, 3.8) is 0 Å². The predicted molar refractivity (Wildman–Crippen MR) is 107 cm³/mol. The molecule has 0 fully saturated rings. The van der Waals surface area contributed by atoms with Gasteiger partial charge in [-0.3, -0.25) is 4.99 Å². The number of carbonyl (C=O) groups excluding carboxylic acids is 1. The fourth-order valence-electron chi connectivity index (χ4n) is 1.63. The van der Waals surface area contributed by atoms with Gasteiger partial charge in [-0.2, -0.15) is 0 Å². The third-order valence-electron chi connectivity index (χ3n) is 2.69. The average molecular weight is 454 g/mol. The highest BCUT2D eigenvalue weighted by atomic mass is 127. The molecule has 0 bridgehead atoms. The quantitative estimate of drug-likeness (QED) is 0.277.